The predicted molar refractivity (Wildman–Crippen MR) is 109 cm³/mol. The smallest absolute Gasteiger partial charge is 0.243 e. The number of rotatable bonds is 10. The number of carbonyl (C=O) groups excluding carboxylic acids is 1. The molecule has 1 amide bonds. The van der Waals surface area contributed by atoms with E-state index in [1.54, 1.807) is 0 Å². The minimum absolute atomic E-state index is 0.0980. The number of hydrogen-bond acceptors (Lipinski definition) is 2. The number of nitrogens with zero attached hydrogens (tertiary/aromatic N) is 1. The van der Waals surface area contributed by atoms with E-state index in [1.807, 2.05) is 66.7 Å². The van der Waals surface area contributed by atoms with Crippen molar-refractivity contribution in [3.63, 3.8) is 0 Å². The van der Waals surface area contributed by atoms with Crippen LogP contribution in [0.3, 0.4) is 0 Å². The van der Waals surface area contributed by atoms with Crippen LogP contribution < -0.4 is 5.43 Å². The van der Waals surface area contributed by atoms with Crippen molar-refractivity contribution in [1.29, 1.82) is 0 Å². The zero-order chi connectivity index (χ0) is 18.5. The number of carbonyl (C=O) groups is 1. The van der Waals surface area contributed by atoms with Crippen LogP contribution in [-0.4, -0.2) is 11.6 Å². The Labute approximate surface area is 156 Å². The summed E-state index contributed by atoms with van der Waals surface area (Å²) in [5.41, 5.74) is 5.41. The van der Waals surface area contributed by atoms with Crippen LogP contribution in [0.5, 0.6) is 0 Å². The first-order chi connectivity index (χ1) is 12.8. The molecule has 0 aromatic heterocycles. The lowest BCUT2D eigenvalue weighted by molar-refractivity contribution is -0.120. The van der Waals surface area contributed by atoms with Crippen LogP contribution in [0.15, 0.2) is 77.9 Å². The Morgan fingerprint density at radius 3 is 2.08 bits per heavy atom. The fourth-order valence-electron chi connectivity index (χ4n) is 2.65. The second-order valence-electron chi connectivity index (χ2n) is 6.25. The Kier molecular flexibility index (Phi) is 8.92. The molecule has 0 spiro atoms. The van der Waals surface area contributed by atoms with E-state index in [1.165, 1.54) is 25.7 Å². The lowest BCUT2D eigenvalue weighted by Crippen LogP contribution is -2.19. The van der Waals surface area contributed by atoms with Gasteiger partial charge in [0.25, 0.3) is 0 Å². The molecule has 0 aliphatic carbocycles. The summed E-state index contributed by atoms with van der Waals surface area (Å²) in [4.78, 5) is 12.1. The first-order valence-electron chi connectivity index (χ1n) is 9.43. The third-order valence-electron chi connectivity index (χ3n) is 4.08. The van der Waals surface area contributed by atoms with Gasteiger partial charge in [0, 0.05) is 17.5 Å². The summed E-state index contributed by atoms with van der Waals surface area (Å²) in [6, 6.07) is 19.8. The fraction of sp³-hybridized carbons (Fsp3) is 0.304. The maximum atomic E-state index is 12.1. The second kappa shape index (κ2) is 11.8. The van der Waals surface area contributed by atoms with Crippen molar-refractivity contribution in [2.45, 2.75) is 45.4 Å². The number of nitrogens with one attached hydrogen (secondary N) is 1. The lowest BCUT2D eigenvalue weighted by atomic mass is 10.0. The summed E-state index contributed by atoms with van der Waals surface area (Å²) in [5, 5.41) is 4.39. The highest BCUT2D eigenvalue weighted by Crippen LogP contribution is 2.10. The molecule has 0 saturated heterocycles. The van der Waals surface area contributed by atoms with Crippen molar-refractivity contribution < 1.29 is 4.79 Å². The van der Waals surface area contributed by atoms with E-state index < -0.39 is 0 Å². The Bertz CT molecular complexity index is 664. The van der Waals surface area contributed by atoms with Crippen LogP contribution in [0.2, 0.25) is 0 Å². The van der Waals surface area contributed by atoms with Crippen LogP contribution in [0.25, 0.3) is 0 Å². The fourth-order valence-corrected chi connectivity index (χ4v) is 2.65. The molecule has 2 aromatic carbocycles. The molecule has 3 heteroatoms. The second-order valence-corrected chi connectivity index (χ2v) is 6.25. The third-order valence-corrected chi connectivity index (χ3v) is 4.08. The van der Waals surface area contributed by atoms with Gasteiger partial charge in [0.15, 0.2) is 0 Å². The van der Waals surface area contributed by atoms with Crippen molar-refractivity contribution >= 4 is 11.6 Å². The van der Waals surface area contributed by atoms with Crippen molar-refractivity contribution in [2.24, 2.45) is 5.10 Å². The summed E-state index contributed by atoms with van der Waals surface area (Å²) < 4.78 is 0. The number of amides is 1. The summed E-state index contributed by atoms with van der Waals surface area (Å²) in [7, 11) is 0. The van der Waals surface area contributed by atoms with Gasteiger partial charge in [-0.2, -0.15) is 5.10 Å². The minimum atomic E-state index is -0.0980. The van der Waals surface area contributed by atoms with Gasteiger partial charge in [-0.05, 0) is 12.8 Å². The zero-order valence-electron chi connectivity index (χ0n) is 15.5. The zero-order valence-corrected chi connectivity index (χ0v) is 15.5. The van der Waals surface area contributed by atoms with Gasteiger partial charge in [-0.3, -0.25) is 4.79 Å². The molecule has 0 bridgehead atoms. The van der Waals surface area contributed by atoms with Gasteiger partial charge in [-0.1, -0.05) is 99.0 Å². The van der Waals surface area contributed by atoms with E-state index in [-0.39, 0.29) is 5.91 Å². The normalized spacial score (nSPS) is 10.7. The molecule has 0 unspecified atom stereocenters. The van der Waals surface area contributed by atoms with Crippen LogP contribution in [-0.2, 0) is 4.79 Å². The molecular formula is C23H28N2O. The minimum Gasteiger partial charge on any atom is -0.273 e. The molecule has 0 saturated carbocycles. The molecule has 0 radical (unpaired) electrons. The predicted octanol–water partition coefficient (Wildman–Crippen LogP) is 5.47. The lowest BCUT2D eigenvalue weighted by Gasteiger charge is -2.07. The van der Waals surface area contributed by atoms with Crippen LogP contribution >= 0.6 is 0 Å². The van der Waals surface area contributed by atoms with E-state index >= 15 is 0 Å². The average molecular weight is 348 g/mol. The highest BCUT2D eigenvalue weighted by Gasteiger charge is 2.07. The molecule has 0 aliphatic rings. The van der Waals surface area contributed by atoms with Crippen LogP contribution in [0.1, 0.15) is 56.6 Å². The van der Waals surface area contributed by atoms with Gasteiger partial charge in [-0.15, -0.1) is 0 Å². The highest BCUT2D eigenvalue weighted by atomic mass is 16.2. The Morgan fingerprint density at radius 1 is 0.885 bits per heavy atom. The topological polar surface area (TPSA) is 41.5 Å². The molecule has 26 heavy (non-hydrogen) atoms. The van der Waals surface area contributed by atoms with E-state index in [4.69, 9.17) is 0 Å². The summed E-state index contributed by atoms with van der Waals surface area (Å²) in [5.74, 6) is -0.0980. The Hall–Kier alpha value is -2.68. The van der Waals surface area contributed by atoms with E-state index in [0.29, 0.717) is 6.42 Å². The third kappa shape index (κ3) is 7.06. The first kappa shape index (κ1) is 19.6. The number of hydrogen-bond donors (Lipinski definition) is 1. The number of hydrazone groups is 1. The van der Waals surface area contributed by atoms with Gasteiger partial charge in [0.1, 0.15) is 0 Å². The van der Waals surface area contributed by atoms with Crippen LogP contribution in [0.4, 0.5) is 0 Å². The van der Waals surface area contributed by atoms with Crippen molar-refractivity contribution in [1.82, 2.24) is 5.43 Å². The van der Waals surface area contributed by atoms with Gasteiger partial charge in [0.2, 0.25) is 5.91 Å². The maximum absolute atomic E-state index is 12.1. The quantitative estimate of drug-likeness (QED) is 0.263. The maximum Gasteiger partial charge on any atom is 0.243 e. The molecule has 0 aliphatic heterocycles. The molecule has 0 fully saturated rings. The van der Waals surface area contributed by atoms with Crippen molar-refractivity contribution in [2.75, 3.05) is 0 Å². The van der Waals surface area contributed by atoms with Crippen molar-refractivity contribution in [3.05, 3.63) is 83.9 Å². The number of allylic oxidation sites excluding steroid dienone is 1. The van der Waals surface area contributed by atoms with E-state index in [2.05, 4.69) is 23.5 Å². The molecule has 136 valence electrons. The highest BCUT2D eigenvalue weighted by molar-refractivity contribution is 6.13. The monoisotopic (exact) mass is 348 g/mol. The van der Waals surface area contributed by atoms with Crippen molar-refractivity contribution in [3.8, 4) is 0 Å². The van der Waals surface area contributed by atoms with Gasteiger partial charge in [0.05, 0.1) is 5.71 Å². The molecule has 1 N–H and O–H groups in total. The largest absolute Gasteiger partial charge is 0.273 e. The number of benzene rings is 2. The molecule has 0 heterocycles. The average Bonchev–Trinajstić information content (AvgIpc) is 2.69. The van der Waals surface area contributed by atoms with Gasteiger partial charge < -0.3 is 0 Å². The molecular weight excluding hydrogens is 320 g/mol. The molecule has 2 rings (SSSR count). The standard InChI is InChI=1S/C23H28N2O/c1-2-3-4-5-6-7-14-19-22(26)24-25-23(20-15-10-8-11-16-20)21-17-12-9-13-18-21/h7-18H,2-6,19H2,1H3,(H,24,26)/b14-7+. The molecule has 0 atom stereocenters. The van der Waals surface area contributed by atoms with E-state index in [0.717, 1.165) is 23.3 Å². The Morgan fingerprint density at radius 2 is 1.50 bits per heavy atom. The summed E-state index contributed by atoms with van der Waals surface area (Å²) >= 11 is 0. The van der Waals surface area contributed by atoms with Gasteiger partial charge in [-0.25, -0.2) is 5.43 Å². The van der Waals surface area contributed by atoms with E-state index in [9.17, 15) is 4.79 Å². The molecule has 2 aromatic rings. The SMILES string of the molecule is CCCCCC/C=C/CC(=O)NN=C(c1ccccc1)c1ccccc1. The first-order valence-corrected chi connectivity index (χ1v) is 9.43. The Balaban J connectivity index is 1.93. The summed E-state index contributed by atoms with van der Waals surface area (Å²) in [6.07, 6.45) is 10.4. The number of unbranched alkanes of at least 4 members (excludes halogenated alkanes) is 4. The van der Waals surface area contributed by atoms with Crippen LogP contribution in [0, 0.1) is 0 Å². The summed E-state index contributed by atoms with van der Waals surface area (Å²) in [6.45, 7) is 2.21. The molecule has 3 nitrogen and oxygen atoms in total. The van der Waals surface area contributed by atoms with Gasteiger partial charge >= 0.3 is 0 Å².